The molecule has 0 bridgehead atoms. The number of anilines is 1. The Labute approximate surface area is 174 Å². The highest BCUT2D eigenvalue weighted by Crippen LogP contribution is 2.11. The molecule has 2 heterocycles. The fraction of sp³-hybridized carbons (Fsp3) is 0.273. The number of nitrogens with zero attached hydrogens (tertiary/aromatic N) is 3. The number of carbonyl (C=O) groups is 2. The second kappa shape index (κ2) is 9.69. The number of fused-ring (bicyclic) bond motifs is 1. The molecule has 0 atom stereocenters. The van der Waals surface area contributed by atoms with Crippen molar-refractivity contribution in [2.45, 2.75) is 25.8 Å². The molecule has 3 rings (SSSR count). The number of likely N-dealkylation sites (N-methyl/N-ethyl adjacent to an activating group) is 1. The van der Waals surface area contributed by atoms with Gasteiger partial charge < -0.3 is 19.8 Å². The minimum absolute atomic E-state index is 0.0891. The van der Waals surface area contributed by atoms with Crippen LogP contribution in [0, 0.1) is 0 Å². The van der Waals surface area contributed by atoms with Gasteiger partial charge in [0.05, 0.1) is 17.6 Å². The van der Waals surface area contributed by atoms with Crippen molar-refractivity contribution in [2.24, 2.45) is 0 Å². The van der Waals surface area contributed by atoms with Crippen molar-refractivity contribution < 1.29 is 9.59 Å². The van der Waals surface area contributed by atoms with E-state index in [9.17, 15) is 14.4 Å². The number of aromatic nitrogens is 3. The first-order valence-electron chi connectivity index (χ1n) is 9.75. The van der Waals surface area contributed by atoms with E-state index in [0.29, 0.717) is 18.7 Å². The van der Waals surface area contributed by atoms with Gasteiger partial charge in [0.1, 0.15) is 11.5 Å². The Morgan fingerprint density at radius 2 is 2.00 bits per heavy atom. The van der Waals surface area contributed by atoms with E-state index in [0.717, 1.165) is 11.0 Å². The van der Waals surface area contributed by atoms with Gasteiger partial charge >= 0.3 is 0 Å². The highest BCUT2D eigenvalue weighted by molar-refractivity contribution is 5.90. The second-order valence-corrected chi connectivity index (χ2v) is 7.13. The van der Waals surface area contributed by atoms with Crippen molar-refractivity contribution in [3.05, 3.63) is 70.9 Å². The number of rotatable bonds is 8. The maximum absolute atomic E-state index is 12.7. The maximum atomic E-state index is 12.7. The Kier molecular flexibility index (Phi) is 6.79. The van der Waals surface area contributed by atoms with E-state index in [4.69, 9.17) is 0 Å². The van der Waals surface area contributed by atoms with E-state index < -0.39 is 0 Å². The van der Waals surface area contributed by atoms with Crippen molar-refractivity contribution >= 4 is 28.5 Å². The predicted octanol–water partition coefficient (Wildman–Crippen LogP) is 2.53. The van der Waals surface area contributed by atoms with Crippen molar-refractivity contribution in [3.8, 4) is 0 Å². The van der Waals surface area contributed by atoms with Crippen molar-refractivity contribution in [2.75, 3.05) is 19.4 Å². The third kappa shape index (κ3) is 5.44. The molecule has 0 fully saturated rings. The maximum Gasteiger partial charge on any atom is 0.274 e. The molecule has 30 heavy (non-hydrogen) atoms. The number of unbranched alkanes of at least 4 members (excludes halogenated alkanes) is 1. The lowest BCUT2D eigenvalue weighted by molar-refractivity contribution is -0.123. The van der Waals surface area contributed by atoms with Gasteiger partial charge in [0.15, 0.2) is 0 Å². The molecule has 8 heteroatoms. The van der Waals surface area contributed by atoms with Gasteiger partial charge in [-0.2, -0.15) is 0 Å². The third-order valence-electron chi connectivity index (χ3n) is 4.53. The fourth-order valence-corrected chi connectivity index (χ4v) is 2.92. The van der Waals surface area contributed by atoms with Gasteiger partial charge in [0.2, 0.25) is 11.8 Å². The molecule has 2 amide bonds. The first-order chi connectivity index (χ1) is 14.4. The van der Waals surface area contributed by atoms with Crippen LogP contribution in [0.1, 0.15) is 25.1 Å². The molecule has 0 aliphatic carbocycles. The number of aromatic amines is 1. The summed E-state index contributed by atoms with van der Waals surface area (Å²) in [6.07, 6.45) is 6.36. The number of allylic oxidation sites excluding steroid dienone is 1. The van der Waals surface area contributed by atoms with Gasteiger partial charge in [-0.3, -0.25) is 14.4 Å². The van der Waals surface area contributed by atoms with E-state index >= 15 is 0 Å². The van der Waals surface area contributed by atoms with Gasteiger partial charge in [-0.25, -0.2) is 4.98 Å². The van der Waals surface area contributed by atoms with Crippen molar-refractivity contribution in [3.63, 3.8) is 0 Å². The molecular weight excluding hydrogens is 382 g/mol. The molecular formula is C22H25N5O3. The lowest BCUT2D eigenvalue weighted by atomic mass is 10.2. The minimum atomic E-state index is -0.289. The number of pyridine rings is 1. The average molecular weight is 407 g/mol. The highest BCUT2D eigenvalue weighted by atomic mass is 16.2. The summed E-state index contributed by atoms with van der Waals surface area (Å²) in [5.41, 5.74) is 1.69. The largest absolute Gasteiger partial charge is 0.345 e. The smallest absolute Gasteiger partial charge is 0.274 e. The van der Waals surface area contributed by atoms with Crippen LogP contribution in [0.4, 0.5) is 5.69 Å². The molecule has 0 saturated carbocycles. The molecule has 0 unspecified atom stereocenters. The zero-order valence-electron chi connectivity index (χ0n) is 17.1. The molecule has 0 spiro atoms. The van der Waals surface area contributed by atoms with Gasteiger partial charge in [-0.15, -0.1) is 0 Å². The number of para-hydroxylation sites is 2. The topological polar surface area (TPSA) is 100 Å². The number of hydrogen-bond acceptors (Lipinski definition) is 4. The van der Waals surface area contributed by atoms with Gasteiger partial charge in [0.25, 0.3) is 5.56 Å². The second-order valence-electron chi connectivity index (χ2n) is 7.13. The SMILES string of the molecule is CN(C)C(=O)/C=C/CCCC(=O)Nc1cccn(Cc2nc3ccccc3[nH]2)c1=O. The molecule has 0 aliphatic heterocycles. The molecule has 0 saturated heterocycles. The van der Waals surface area contributed by atoms with Crippen molar-refractivity contribution in [1.82, 2.24) is 19.4 Å². The molecule has 2 aromatic heterocycles. The molecule has 0 aliphatic rings. The van der Waals surface area contributed by atoms with Crippen LogP contribution in [0.15, 0.2) is 59.5 Å². The van der Waals surface area contributed by atoms with E-state index in [-0.39, 0.29) is 36.0 Å². The summed E-state index contributed by atoms with van der Waals surface area (Å²) in [6, 6.07) is 11.0. The number of carbonyl (C=O) groups excluding carboxylic acids is 2. The number of H-pyrrole nitrogens is 1. The summed E-state index contributed by atoms with van der Waals surface area (Å²) in [6.45, 7) is 0.280. The molecule has 8 nitrogen and oxygen atoms in total. The summed E-state index contributed by atoms with van der Waals surface area (Å²) >= 11 is 0. The Balaban J connectivity index is 1.57. The fourth-order valence-electron chi connectivity index (χ4n) is 2.92. The summed E-state index contributed by atoms with van der Waals surface area (Å²) in [4.78, 5) is 45.5. The van der Waals surface area contributed by atoms with Gasteiger partial charge in [-0.05, 0) is 43.2 Å². The summed E-state index contributed by atoms with van der Waals surface area (Å²) in [5, 5.41) is 2.68. The Morgan fingerprint density at radius 3 is 2.77 bits per heavy atom. The summed E-state index contributed by atoms with van der Waals surface area (Å²) in [5.74, 6) is 0.343. The van der Waals surface area contributed by atoms with Crippen LogP contribution in [-0.2, 0) is 16.1 Å². The first-order valence-corrected chi connectivity index (χ1v) is 9.75. The van der Waals surface area contributed by atoms with Crippen LogP contribution < -0.4 is 10.9 Å². The number of nitrogens with one attached hydrogen (secondary N) is 2. The quantitative estimate of drug-likeness (QED) is 0.443. The highest BCUT2D eigenvalue weighted by Gasteiger charge is 2.09. The van der Waals surface area contributed by atoms with Gasteiger partial charge in [0, 0.05) is 26.7 Å². The van der Waals surface area contributed by atoms with E-state index in [2.05, 4.69) is 15.3 Å². The predicted molar refractivity (Wildman–Crippen MR) is 116 cm³/mol. The Bertz CT molecular complexity index is 1090. The number of benzene rings is 1. The lowest BCUT2D eigenvalue weighted by Gasteiger charge is -2.08. The number of amides is 2. The molecule has 0 radical (unpaired) electrons. The van der Waals surface area contributed by atoms with Crippen LogP contribution in [0.5, 0.6) is 0 Å². The third-order valence-corrected chi connectivity index (χ3v) is 4.53. The minimum Gasteiger partial charge on any atom is -0.345 e. The van der Waals surface area contributed by atoms with Crippen LogP contribution >= 0.6 is 0 Å². The Morgan fingerprint density at radius 1 is 1.20 bits per heavy atom. The molecule has 3 aromatic rings. The number of hydrogen-bond donors (Lipinski definition) is 2. The number of imidazole rings is 1. The average Bonchev–Trinajstić information content (AvgIpc) is 3.13. The normalized spacial score (nSPS) is 11.1. The van der Waals surface area contributed by atoms with E-state index in [1.54, 1.807) is 38.5 Å². The van der Waals surface area contributed by atoms with E-state index in [1.165, 1.54) is 15.5 Å². The summed E-state index contributed by atoms with van der Waals surface area (Å²) < 4.78 is 1.50. The van der Waals surface area contributed by atoms with Gasteiger partial charge in [-0.1, -0.05) is 18.2 Å². The zero-order valence-corrected chi connectivity index (χ0v) is 17.1. The first kappa shape index (κ1) is 21.0. The van der Waals surface area contributed by atoms with Crippen LogP contribution in [0.25, 0.3) is 11.0 Å². The zero-order chi connectivity index (χ0) is 21.5. The van der Waals surface area contributed by atoms with E-state index in [1.807, 2.05) is 24.3 Å². The summed E-state index contributed by atoms with van der Waals surface area (Å²) in [7, 11) is 3.36. The standard InChI is InChI=1S/C22H25N5O3/c1-26(2)21(29)13-5-3-4-12-20(28)25-18-11-8-14-27(22(18)30)15-19-23-16-9-6-7-10-17(16)24-19/h5-11,13-14H,3-4,12,15H2,1-2H3,(H,23,24)(H,25,28)/b13-5+. The molecule has 156 valence electrons. The van der Waals surface area contributed by atoms with Crippen LogP contribution in [-0.4, -0.2) is 45.3 Å². The monoisotopic (exact) mass is 407 g/mol. The molecule has 1 aromatic carbocycles. The molecule has 2 N–H and O–H groups in total. The van der Waals surface area contributed by atoms with Crippen LogP contribution in [0.2, 0.25) is 0 Å². The van der Waals surface area contributed by atoms with Crippen molar-refractivity contribution in [1.29, 1.82) is 0 Å². The van der Waals surface area contributed by atoms with Crippen LogP contribution in [0.3, 0.4) is 0 Å². The Hall–Kier alpha value is -3.68. The lowest BCUT2D eigenvalue weighted by Crippen LogP contribution is -2.26.